The average Bonchev–Trinajstić information content (AvgIpc) is 2.91. The van der Waals surface area contributed by atoms with E-state index in [2.05, 4.69) is 10.4 Å². The first-order valence-electron chi connectivity index (χ1n) is 6.24. The van der Waals surface area contributed by atoms with Crippen LogP contribution in [0.5, 0.6) is 0 Å². The van der Waals surface area contributed by atoms with E-state index < -0.39 is 23.7 Å². The van der Waals surface area contributed by atoms with E-state index >= 15 is 0 Å². The largest absolute Gasteiger partial charge is 0.477 e. The van der Waals surface area contributed by atoms with Crippen LogP contribution >= 0.6 is 0 Å². The Balaban J connectivity index is 2.49. The summed E-state index contributed by atoms with van der Waals surface area (Å²) in [5, 5.41) is 15.6. The molecule has 0 spiro atoms. The van der Waals surface area contributed by atoms with Crippen molar-refractivity contribution in [2.45, 2.75) is 13.0 Å². The summed E-state index contributed by atoms with van der Waals surface area (Å²) in [5.41, 5.74) is 0.424. The molecule has 110 valence electrons. The van der Waals surface area contributed by atoms with Crippen molar-refractivity contribution in [1.29, 1.82) is 0 Å². The second-order valence-corrected chi connectivity index (χ2v) is 4.47. The van der Waals surface area contributed by atoms with Crippen molar-refractivity contribution in [3.63, 3.8) is 0 Å². The first-order chi connectivity index (χ1) is 9.93. The third-order valence-electron chi connectivity index (χ3n) is 3.11. The lowest BCUT2D eigenvalue weighted by Crippen LogP contribution is -2.19. The lowest BCUT2D eigenvalue weighted by atomic mass is 10.1. The number of nitrogens with zero attached hydrogens (tertiary/aromatic N) is 2. The average molecular weight is 291 g/mol. The quantitative estimate of drug-likeness (QED) is 0.897. The fourth-order valence-electron chi connectivity index (χ4n) is 2.00. The Morgan fingerprint density at radius 2 is 2.10 bits per heavy atom. The summed E-state index contributed by atoms with van der Waals surface area (Å²) in [6, 6.07) is 6.47. The maximum Gasteiger partial charge on any atom is 0.354 e. The van der Waals surface area contributed by atoms with Crippen LogP contribution in [0.15, 0.2) is 30.3 Å². The van der Waals surface area contributed by atoms with Crippen molar-refractivity contribution < 1.29 is 19.1 Å². The van der Waals surface area contributed by atoms with E-state index in [1.807, 2.05) is 0 Å². The number of rotatable bonds is 4. The number of halogens is 1. The predicted molar refractivity (Wildman–Crippen MR) is 72.8 cm³/mol. The Morgan fingerprint density at radius 1 is 1.38 bits per heavy atom. The van der Waals surface area contributed by atoms with Gasteiger partial charge in [0.1, 0.15) is 11.5 Å². The molecule has 6 nitrogen and oxygen atoms in total. The van der Waals surface area contributed by atoms with Crippen LogP contribution in [0, 0.1) is 5.82 Å². The summed E-state index contributed by atoms with van der Waals surface area (Å²) in [6.07, 6.45) is 0. The lowest BCUT2D eigenvalue weighted by molar-refractivity contribution is 0.0681. The molecule has 1 unspecified atom stereocenters. The highest BCUT2D eigenvalue weighted by molar-refractivity contribution is 5.95. The molecule has 2 rings (SSSR count). The Kier molecular flexibility index (Phi) is 4.02. The van der Waals surface area contributed by atoms with Gasteiger partial charge in [-0.2, -0.15) is 5.10 Å². The number of carbonyl (C=O) groups is 2. The van der Waals surface area contributed by atoms with E-state index in [4.69, 9.17) is 0 Å². The fraction of sp³-hybridized carbons (Fsp3) is 0.214. The number of amides is 1. The van der Waals surface area contributed by atoms with Crippen molar-refractivity contribution >= 4 is 11.9 Å². The zero-order valence-corrected chi connectivity index (χ0v) is 11.5. The number of carboxylic acid groups (broad SMARTS) is 1. The number of hydrogen-bond acceptors (Lipinski definition) is 3. The molecule has 0 fully saturated rings. The molecule has 1 aromatic heterocycles. The summed E-state index contributed by atoms with van der Waals surface area (Å²) >= 11 is 0. The van der Waals surface area contributed by atoms with Crippen molar-refractivity contribution in [3.8, 4) is 0 Å². The second-order valence-electron chi connectivity index (χ2n) is 4.47. The standard InChI is InChI=1S/C14H14FN3O3/c1-8(9-4-3-5-10(15)6-9)18-12(14(20)21)7-11(17-18)13(19)16-2/h3-8H,1-2H3,(H,16,19)(H,20,21). The number of nitrogens with one attached hydrogen (secondary N) is 1. The second kappa shape index (κ2) is 5.74. The van der Waals surface area contributed by atoms with Crippen molar-refractivity contribution in [2.75, 3.05) is 7.05 Å². The van der Waals surface area contributed by atoms with E-state index in [-0.39, 0.29) is 11.4 Å². The van der Waals surface area contributed by atoms with Crippen LogP contribution < -0.4 is 5.32 Å². The van der Waals surface area contributed by atoms with Gasteiger partial charge in [0.2, 0.25) is 0 Å². The molecule has 1 heterocycles. The smallest absolute Gasteiger partial charge is 0.354 e. The van der Waals surface area contributed by atoms with Crippen LogP contribution in [0.3, 0.4) is 0 Å². The van der Waals surface area contributed by atoms with Gasteiger partial charge in [-0.1, -0.05) is 12.1 Å². The van der Waals surface area contributed by atoms with Crippen molar-refractivity contribution in [3.05, 3.63) is 53.1 Å². The molecular weight excluding hydrogens is 277 g/mol. The van der Waals surface area contributed by atoms with Crippen molar-refractivity contribution in [1.82, 2.24) is 15.1 Å². The molecular formula is C14H14FN3O3. The third kappa shape index (κ3) is 2.91. The molecule has 0 bridgehead atoms. The van der Waals surface area contributed by atoms with E-state index in [1.54, 1.807) is 13.0 Å². The van der Waals surface area contributed by atoms with Gasteiger partial charge in [-0.15, -0.1) is 0 Å². The summed E-state index contributed by atoms with van der Waals surface area (Å²) in [7, 11) is 1.43. The molecule has 0 saturated heterocycles. The highest BCUT2D eigenvalue weighted by atomic mass is 19.1. The zero-order chi connectivity index (χ0) is 15.6. The van der Waals surface area contributed by atoms with Crippen LogP contribution in [0.25, 0.3) is 0 Å². The highest BCUT2D eigenvalue weighted by Gasteiger charge is 2.22. The van der Waals surface area contributed by atoms with E-state index in [0.29, 0.717) is 5.56 Å². The third-order valence-corrected chi connectivity index (χ3v) is 3.11. The number of carboxylic acids is 1. The van der Waals surface area contributed by atoms with Gasteiger partial charge in [-0.05, 0) is 24.6 Å². The van der Waals surface area contributed by atoms with E-state index in [9.17, 15) is 19.1 Å². The first kappa shape index (κ1) is 14.7. The summed E-state index contributed by atoms with van der Waals surface area (Å²) in [6.45, 7) is 1.68. The Hall–Kier alpha value is -2.70. The number of aromatic nitrogens is 2. The van der Waals surface area contributed by atoms with Gasteiger partial charge in [0, 0.05) is 13.1 Å². The van der Waals surface area contributed by atoms with Gasteiger partial charge in [-0.3, -0.25) is 9.48 Å². The zero-order valence-electron chi connectivity index (χ0n) is 11.5. The minimum Gasteiger partial charge on any atom is -0.477 e. The van der Waals surface area contributed by atoms with Crippen LogP contribution in [-0.4, -0.2) is 33.8 Å². The molecule has 2 N–H and O–H groups in total. The first-order valence-corrected chi connectivity index (χ1v) is 6.24. The van der Waals surface area contributed by atoms with Gasteiger partial charge in [0.15, 0.2) is 5.69 Å². The minimum absolute atomic E-state index is 0.00171. The Labute approximate surface area is 120 Å². The molecule has 0 aliphatic heterocycles. The lowest BCUT2D eigenvalue weighted by Gasteiger charge is -2.14. The fourth-order valence-corrected chi connectivity index (χ4v) is 2.00. The van der Waals surface area contributed by atoms with Crippen LogP contribution in [-0.2, 0) is 0 Å². The van der Waals surface area contributed by atoms with Gasteiger partial charge in [0.05, 0.1) is 6.04 Å². The van der Waals surface area contributed by atoms with Crippen LogP contribution in [0.4, 0.5) is 4.39 Å². The summed E-state index contributed by atoms with van der Waals surface area (Å²) in [5.74, 6) is -2.11. The summed E-state index contributed by atoms with van der Waals surface area (Å²) < 4.78 is 14.5. The number of carbonyl (C=O) groups excluding carboxylic acids is 1. The Morgan fingerprint density at radius 3 is 2.67 bits per heavy atom. The van der Waals surface area contributed by atoms with Crippen molar-refractivity contribution in [2.24, 2.45) is 0 Å². The molecule has 1 atom stereocenters. The topological polar surface area (TPSA) is 84.2 Å². The number of benzene rings is 1. The molecule has 1 aromatic carbocycles. The minimum atomic E-state index is -1.21. The molecule has 0 aliphatic carbocycles. The van der Waals surface area contributed by atoms with Gasteiger partial charge in [0.25, 0.3) is 5.91 Å². The molecule has 0 radical (unpaired) electrons. The monoisotopic (exact) mass is 291 g/mol. The normalized spacial score (nSPS) is 12.0. The van der Waals surface area contributed by atoms with Gasteiger partial charge in [-0.25, -0.2) is 9.18 Å². The van der Waals surface area contributed by atoms with Gasteiger partial charge >= 0.3 is 5.97 Å². The maximum atomic E-state index is 13.3. The Bertz CT molecular complexity index is 697. The molecule has 1 amide bonds. The number of hydrogen-bond donors (Lipinski definition) is 2. The van der Waals surface area contributed by atoms with E-state index in [1.165, 1.54) is 36.0 Å². The van der Waals surface area contributed by atoms with Crippen LogP contribution in [0.2, 0.25) is 0 Å². The summed E-state index contributed by atoms with van der Waals surface area (Å²) in [4.78, 5) is 22.9. The molecule has 7 heteroatoms. The highest BCUT2D eigenvalue weighted by Crippen LogP contribution is 2.21. The van der Waals surface area contributed by atoms with E-state index in [0.717, 1.165) is 0 Å². The molecule has 0 aliphatic rings. The number of aromatic carboxylic acids is 1. The molecule has 21 heavy (non-hydrogen) atoms. The SMILES string of the molecule is CNC(=O)c1cc(C(=O)O)n(C(C)c2cccc(F)c2)n1. The molecule has 2 aromatic rings. The maximum absolute atomic E-state index is 13.3. The predicted octanol–water partition coefficient (Wildman–Crippen LogP) is 1.69. The van der Waals surface area contributed by atoms with Gasteiger partial charge < -0.3 is 10.4 Å². The molecule has 0 saturated carbocycles. The van der Waals surface area contributed by atoms with Crippen LogP contribution in [0.1, 0.15) is 39.5 Å².